The summed E-state index contributed by atoms with van der Waals surface area (Å²) in [5, 5.41) is 0. The van der Waals surface area contributed by atoms with Crippen molar-refractivity contribution in [3.8, 4) is 0 Å². The molecule has 3 rings (SSSR count). The van der Waals surface area contributed by atoms with Crippen molar-refractivity contribution >= 4 is 17.7 Å². The van der Waals surface area contributed by atoms with Crippen LogP contribution in [0.3, 0.4) is 0 Å². The Morgan fingerprint density at radius 2 is 1.92 bits per heavy atom. The Balaban J connectivity index is 1.72. The van der Waals surface area contributed by atoms with Crippen LogP contribution in [0.5, 0.6) is 0 Å². The fourth-order valence-electron chi connectivity index (χ4n) is 3.08. The third-order valence-corrected chi connectivity index (χ3v) is 4.72. The molecule has 3 heterocycles. The standard InChI is InChI=1S/C18H27N7/c1-5-14-11-20-17(21-12-14)25-10-6-7-15(13-25)24(4)16-8-9-19-18(22-16)23(2)3/h8-9,11-12,15H,5-7,10,13H2,1-4H3. The lowest BCUT2D eigenvalue weighted by atomic mass is 10.0. The fourth-order valence-corrected chi connectivity index (χ4v) is 3.08. The molecule has 0 amide bonds. The van der Waals surface area contributed by atoms with E-state index < -0.39 is 0 Å². The summed E-state index contributed by atoms with van der Waals surface area (Å²) in [5.74, 6) is 2.51. The molecule has 0 spiro atoms. The van der Waals surface area contributed by atoms with Crippen LogP contribution in [0.2, 0.25) is 0 Å². The molecule has 1 aliphatic heterocycles. The van der Waals surface area contributed by atoms with Crippen molar-refractivity contribution in [1.82, 2.24) is 19.9 Å². The largest absolute Gasteiger partial charge is 0.355 e. The number of aromatic nitrogens is 4. The van der Waals surface area contributed by atoms with E-state index in [1.165, 1.54) is 5.56 Å². The fraction of sp³-hybridized carbons (Fsp3) is 0.556. The quantitative estimate of drug-likeness (QED) is 0.824. The summed E-state index contributed by atoms with van der Waals surface area (Å²) in [6.45, 7) is 4.03. The van der Waals surface area contributed by atoms with Gasteiger partial charge in [-0.15, -0.1) is 0 Å². The zero-order valence-corrected chi connectivity index (χ0v) is 15.6. The highest BCUT2D eigenvalue weighted by molar-refractivity contribution is 5.44. The van der Waals surface area contributed by atoms with Gasteiger partial charge in [-0.3, -0.25) is 0 Å². The van der Waals surface area contributed by atoms with E-state index in [1.54, 1.807) is 0 Å². The first-order valence-electron chi connectivity index (χ1n) is 8.87. The average molecular weight is 341 g/mol. The van der Waals surface area contributed by atoms with E-state index in [1.807, 2.05) is 43.7 Å². The molecule has 0 saturated carbocycles. The van der Waals surface area contributed by atoms with Crippen molar-refractivity contribution in [2.24, 2.45) is 0 Å². The molecule has 2 aromatic rings. The van der Waals surface area contributed by atoms with Crippen LogP contribution in [0.4, 0.5) is 17.7 Å². The van der Waals surface area contributed by atoms with Crippen LogP contribution in [0, 0.1) is 0 Å². The Kier molecular flexibility index (Phi) is 5.31. The number of nitrogens with zero attached hydrogens (tertiary/aromatic N) is 7. The summed E-state index contributed by atoms with van der Waals surface area (Å²) in [6.07, 6.45) is 8.92. The van der Waals surface area contributed by atoms with Crippen LogP contribution >= 0.6 is 0 Å². The molecule has 0 radical (unpaired) electrons. The maximum Gasteiger partial charge on any atom is 0.226 e. The van der Waals surface area contributed by atoms with Crippen molar-refractivity contribution in [3.05, 3.63) is 30.2 Å². The molecule has 7 heteroatoms. The molecular formula is C18H27N7. The Morgan fingerprint density at radius 3 is 2.60 bits per heavy atom. The summed E-state index contributed by atoms with van der Waals surface area (Å²) in [7, 11) is 6.02. The van der Waals surface area contributed by atoms with Crippen molar-refractivity contribution in [3.63, 3.8) is 0 Å². The number of likely N-dealkylation sites (N-methyl/N-ethyl adjacent to an activating group) is 1. The van der Waals surface area contributed by atoms with Crippen molar-refractivity contribution < 1.29 is 0 Å². The number of piperidine rings is 1. The number of hydrogen-bond acceptors (Lipinski definition) is 7. The van der Waals surface area contributed by atoms with Crippen molar-refractivity contribution in [1.29, 1.82) is 0 Å². The molecule has 1 saturated heterocycles. The molecule has 0 aromatic carbocycles. The predicted molar refractivity (Wildman–Crippen MR) is 101 cm³/mol. The molecule has 134 valence electrons. The van der Waals surface area contributed by atoms with Crippen LogP contribution in [0.15, 0.2) is 24.7 Å². The first-order chi connectivity index (χ1) is 12.1. The zero-order valence-electron chi connectivity index (χ0n) is 15.6. The van der Waals surface area contributed by atoms with E-state index >= 15 is 0 Å². The second-order valence-corrected chi connectivity index (χ2v) is 6.71. The maximum absolute atomic E-state index is 4.66. The number of aryl methyl sites for hydroxylation is 1. The minimum absolute atomic E-state index is 0.383. The van der Waals surface area contributed by atoms with Gasteiger partial charge in [0.1, 0.15) is 5.82 Å². The SMILES string of the molecule is CCc1cnc(N2CCCC(N(C)c3ccnc(N(C)C)n3)C2)nc1. The molecule has 2 aromatic heterocycles. The molecule has 1 atom stereocenters. The summed E-state index contributed by atoms with van der Waals surface area (Å²) >= 11 is 0. The van der Waals surface area contributed by atoms with Gasteiger partial charge >= 0.3 is 0 Å². The van der Waals surface area contributed by atoms with E-state index in [9.17, 15) is 0 Å². The van der Waals surface area contributed by atoms with Gasteiger partial charge < -0.3 is 14.7 Å². The van der Waals surface area contributed by atoms with Gasteiger partial charge in [-0.25, -0.2) is 15.0 Å². The van der Waals surface area contributed by atoms with Gasteiger partial charge in [0.25, 0.3) is 0 Å². The van der Waals surface area contributed by atoms with E-state index in [2.05, 4.69) is 43.7 Å². The van der Waals surface area contributed by atoms with Crippen LogP contribution < -0.4 is 14.7 Å². The van der Waals surface area contributed by atoms with E-state index in [0.717, 1.165) is 50.1 Å². The topological polar surface area (TPSA) is 61.3 Å². The summed E-state index contributed by atoms with van der Waals surface area (Å²) in [5.41, 5.74) is 1.17. The molecule has 0 aliphatic carbocycles. The zero-order chi connectivity index (χ0) is 17.8. The number of anilines is 3. The maximum atomic E-state index is 4.66. The lowest BCUT2D eigenvalue weighted by Gasteiger charge is -2.38. The van der Waals surface area contributed by atoms with E-state index in [4.69, 9.17) is 0 Å². The van der Waals surface area contributed by atoms with Gasteiger partial charge in [0, 0.05) is 58.9 Å². The van der Waals surface area contributed by atoms with Crippen molar-refractivity contribution in [2.75, 3.05) is 48.9 Å². The highest BCUT2D eigenvalue weighted by Gasteiger charge is 2.25. The average Bonchev–Trinajstić information content (AvgIpc) is 2.67. The molecule has 7 nitrogen and oxygen atoms in total. The highest BCUT2D eigenvalue weighted by atomic mass is 15.3. The third kappa shape index (κ3) is 3.97. The lowest BCUT2D eigenvalue weighted by molar-refractivity contribution is 0.480. The summed E-state index contributed by atoms with van der Waals surface area (Å²) in [4.78, 5) is 24.5. The minimum Gasteiger partial charge on any atom is -0.355 e. The van der Waals surface area contributed by atoms with Gasteiger partial charge in [-0.1, -0.05) is 6.92 Å². The van der Waals surface area contributed by atoms with Gasteiger partial charge in [0.05, 0.1) is 0 Å². The molecule has 1 fully saturated rings. The van der Waals surface area contributed by atoms with Gasteiger partial charge in [0.15, 0.2) is 0 Å². The molecule has 0 bridgehead atoms. The second-order valence-electron chi connectivity index (χ2n) is 6.71. The first kappa shape index (κ1) is 17.4. The summed E-state index contributed by atoms with van der Waals surface area (Å²) < 4.78 is 0. The Bertz CT molecular complexity index is 686. The van der Waals surface area contributed by atoms with Gasteiger partial charge in [0.2, 0.25) is 11.9 Å². The van der Waals surface area contributed by atoms with Gasteiger partial charge in [-0.05, 0) is 30.9 Å². The smallest absolute Gasteiger partial charge is 0.226 e. The molecule has 1 aliphatic rings. The van der Waals surface area contributed by atoms with E-state index in [-0.39, 0.29) is 0 Å². The second kappa shape index (κ2) is 7.63. The number of rotatable bonds is 5. The highest BCUT2D eigenvalue weighted by Crippen LogP contribution is 2.23. The monoisotopic (exact) mass is 341 g/mol. The molecule has 1 unspecified atom stereocenters. The molecule has 0 N–H and O–H groups in total. The molecular weight excluding hydrogens is 314 g/mol. The summed E-state index contributed by atoms with van der Waals surface area (Å²) in [6, 6.07) is 2.35. The first-order valence-corrected chi connectivity index (χ1v) is 8.87. The van der Waals surface area contributed by atoms with Gasteiger partial charge in [-0.2, -0.15) is 4.98 Å². The van der Waals surface area contributed by atoms with Crippen LogP contribution in [-0.4, -0.2) is 60.2 Å². The molecule has 25 heavy (non-hydrogen) atoms. The minimum atomic E-state index is 0.383. The van der Waals surface area contributed by atoms with Crippen LogP contribution in [0.1, 0.15) is 25.3 Å². The predicted octanol–water partition coefficient (Wildman–Crippen LogP) is 2.00. The Morgan fingerprint density at radius 1 is 1.16 bits per heavy atom. The lowest BCUT2D eigenvalue weighted by Crippen LogP contribution is -2.47. The van der Waals surface area contributed by atoms with Crippen LogP contribution in [0.25, 0.3) is 0 Å². The number of hydrogen-bond donors (Lipinski definition) is 0. The van der Waals surface area contributed by atoms with E-state index in [0.29, 0.717) is 6.04 Å². The van der Waals surface area contributed by atoms with Crippen molar-refractivity contribution in [2.45, 2.75) is 32.2 Å². The van der Waals surface area contributed by atoms with Crippen LogP contribution in [-0.2, 0) is 6.42 Å². The Hall–Kier alpha value is -2.44. The Labute approximate surface area is 149 Å². The third-order valence-electron chi connectivity index (χ3n) is 4.72. The normalized spacial score (nSPS) is 17.4.